The number of fused-ring (bicyclic) bond motifs is 1. The number of hydrogen-bond donors (Lipinski definition) is 2. The summed E-state index contributed by atoms with van der Waals surface area (Å²) in [6, 6.07) is 10.6. The Morgan fingerprint density at radius 2 is 1.78 bits per heavy atom. The second kappa shape index (κ2) is 10.5. The number of H-pyrrole nitrogens is 1. The molecule has 37 heavy (non-hydrogen) atoms. The maximum absolute atomic E-state index is 13.2. The summed E-state index contributed by atoms with van der Waals surface area (Å²) >= 11 is 19.1. The van der Waals surface area contributed by atoms with Gasteiger partial charge in [-0.15, -0.1) is 0 Å². The maximum atomic E-state index is 13.2. The third kappa shape index (κ3) is 5.38. The molecule has 1 aliphatic heterocycles. The van der Waals surface area contributed by atoms with E-state index in [1.807, 2.05) is 38.1 Å². The van der Waals surface area contributed by atoms with Crippen LogP contribution in [0.25, 0.3) is 16.7 Å². The largest absolute Gasteiger partial charge is 0.325 e. The molecule has 2 aromatic heterocycles. The lowest BCUT2D eigenvalue weighted by Gasteiger charge is -2.29. The summed E-state index contributed by atoms with van der Waals surface area (Å²) in [6.07, 6.45) is 1.51. The number of rotatable bonds is 7. The predicted molar refractivity (Wildman–Crippen MR) is 148 cm³/mol. The number of hydrogen-bond acceptors (Lipinski definition) is 5. The summed E-state index contributed by atoms with van der Waals surface area (Å²) in [7, 11) is 0. The first-order valence-electron chi connectivity index (χ1n) is 12.0. The van der Waals surface area contributed by atoms with E-state index in [2.05, 4.69) is 20.3 Å². The van der Waals surface area contributed by atoms with Crippen LogP contribution in [-0.2, 0) is 11.2 Å². The van der Waals surface area contributed by atoms with E-state index in [4.69, 9.17) is 39.8 Å². The molecular formula is C26H25Cl3N6O2. The van der Waals surface area contributed by atoms with Crippen LogP contribution >= 0.6 is 34.8 Å². The number of aromatic amines is 1. The SMILES string of the molecule is CC(C)c1nn(-c2c(Cl)cc(Cl)cc2Cl)c2nc(Cc3ccc(NC(=O)CN4CCC4)cc3)[nH]c(=O)c12. The first kappa shape index (κ1) is 25.7. The van der Waals surface area contributed by atoms with E-state index in [0.29, 0.717) is 56.3 Å². The molecule has 0 aliphatic carbocycles. The van der Waals surface area contributed by atoms with Gasteiger partial charge in [-0.05, 0) is 55.3 Å². The van der Waals surface area contributed by atoms with E-state index >= 15 is 0 Å². The summed E-state index contributed by atoms with van der Waals surface area (Å²) in [6.45, 7) is 6.25. The Morgan fingerprint density at radius 1 is 1.11 bits per heavy atom. The molecule has 0 spiro atoms. The number of nitrogens with one attached hydrogen (secondary N) is 2. The fraction of sp³-hybridized carbons (Fsp3) is 0.308. The van der Waals surface area contributed by atoms with Crippen molar-refractivity contribution < 1.29 is 4.79 Å². The van der Waals surface area contributed by atoms with Crippen LogP contribution in [-0.4, -0.2) is 50.2 Å². The fourth-order valence-corrected chi connectivity index (χ4v) is 5.30. The van der Waals surface area contributed by atoms with E-state index in [-0.39, 0.29) is 17.4 Å². The van der Waals surface area contributed by atoms with Crippen molar-refractivity contribution in [3.63, 3.8) is 0 Å². The number of amides is 1. The van der Waals surface area contributed by atoms with Gasteiger partial charge in [0.25, 0.3) is 5.56 Å². The van der Waals surface area contributed by atoms with Gasteiger partial charge >= 0.3 is 0 Å². The van der Waals surface area contributed by atoms with Gasteiger partial charge in [0, 0.05) is 17.1 Å². The zero-order valence-electron chi connectivity index (χ0n) is 20.3. The van der Waals surface area contributed by atoms with Gasteiger partial charge in [-0.2, -0.15) is 5.10 Å². The third-order valence-corrected chi connectivity index (χ3v) is 7.07. The highest BCUT2D eigenvalue weighted by Gasteiger charge is 2.23. The molecule has 2 N–H and O–H groups in total. The van der Waals surface area contributed by atoms with Crippen LogP contribution in [0.5, 0.6) is 0 Å². The van der Waals surface area contributed by atoms with Crippen molar-refractivity contribution in [1.29, 1.82) is 0 Å². The van der Waals surface area contributed by atoms with Gasteiger partial charge in [-0.1, -0.05) is 60.8 Å². The van der Waals surface area contributed by atoms with Crippen molar-refractivity contribution in [2.45, 2.75) is 32.6 Å². The monoisotopic (exact) mass is 558 g/mol. The number of anilines is 1. The lowest BCUT2D eigenvalue weighted by Crippen LogP contribution is -2.42. The zero-order chi connectivity index (χ0) is 26.3. The lowest BCUT2D eigenvalue weighted by atomic mass is 10.1. The highest BCUT2D eigenvalue weighted by molar-refractivity contribution is 6.40. The first-order valence-corrected chi connectivity index (χ1v) is 13.1. The molecule has 1 amide bonds. The smallest absolute Gasteiger partial charge is 0.262 e. The van der Waals surface area contributed by atoms with E-state index < -0.39 is 0 Å². The minimum absolute atomic E-state index is 0.0300. The first-order chi connectivity index (χ1) is 17.7. The Balaban J connectivity index is 1.46. The average molecular weight is 560 g/mol. The van der Waals surface area contributed by atoms with Gasteiger partial charge in [0.05, 0.1) is 22.3 Å². The topological polar surface area (TPSA) is 95.9 Å². The summed E-state index contributed by atoms with van der Waals surface area (Å²) < 4.78 is 1.52. The summed E-state index contributed by atoms with van der Waals surface area (Å²) in [4.78, 5) is 35.1. The highest BCUT2D eigenvalue weighted by Crippen LogP contribution is 2.34. The van der Waals surface area contributed by atoms with Crippen molar-refractivity contribution in [2.24, 2.45) is 0 Å². The molecule has 2 aromatic carbocycles. The molecule has 0 saturated carbocycles. The Labute approximate surface area is 228 Å². The number of nitrogens with zero attached hydrogens (tertiary/aromatic N) is 4. The van der Waals surface area contributed by atoms with Crippen LogP contribution in [0.3, 0.4) is 0 Å². The van der Waals surface area contributed by atoms with E-state index in [9.17, 15) is 9.59 Å². The van der Waals surface area contributed by atoms with E-state index in [0.717, 1.165) is 30.8 Å². The minimum Gasteiger partial charge on any atom is -0.325 e. The lowest BCUT2D eigenvalue weighted by molar-refractivity contribution is -0.118. The molecule has 1 saturated heterocycles. The Morgan fingerprint density at radius 3 is 2.38 bits per heavy atom. The van der Waals surface area contributed by atoms with Gasteiger partial charge in [-0.25, -0.2) is 9.67 Å². The van der Waals surface area contributed by atoms with Gasteiger partial charge in [0.1, 0.15) is 16.9 Å². The number of benzene rings is 2. The number of aromatic nitrogens is 4. The van der Waals surface area contributed by atoms with Crippen molar-refractivity contribution in [3.8, 4) is 5.69 Å². The standard InChI is InChI=1S/C26H25Cl3N6O2/c1-14(2)23-22-25(35(33-23)24-18(28)11-16(27)12-19(24)29)31-20(32-26(22)37)10-15-4-6-17(7-5-15)30-21(36)13-34-8-3-9-34/h4-7,11-12,14H,3,8-10,13H2,1-2H3,(H,30,36)(H,31,32,37). The summed E-state index contributed by atoms with van der Waals surface area (Å²) in [5.41, 5.74) is 2.72. The molecule has 11 heteroatoms. The number of carbonyl (C=O) groups excluding carboxylic acids is 1. The van der Waals surface area contributed by atoms with Gasteiger partial charge in [-0.3, -0.25) is 14.5 Å². The number of carbonyl (C=O) groups is 1. The highest BCUT2D eigenvalue weighted by atomic mass is 35.5. The zero-order valence-corrected chi connectivity index (χ0v) is 22.6. The van der Waals surface area contributed by atoms with E-state index in [1.165, 1.54) is 4.68 Å². The Bertz CT molecular complexity index is 1520. The molecular weight excluding hydrogens is 535 g/mol. The average Bonchev–Trinajstić information content (AvgIpc) is 3.17. The molecule has 0 unspecified atom stereocenters. The van der Waals surface area contributed by atoms with Crippen molar-refractivity contribution >= 4 is 57.4 Å². The molecule has 3 heterocycles. The molecule has 1 fully saturated rings. The van der Waals surface area contributed by atoms with Crippen LogP contribution in [0.1, 0.15) is 43.3 Å². The normalized spacial score (nSPS) is 13.8. The number of halogens is 3. The quantitative estimate of drug-likeness (QED) is 0.315. The fourth-order valence-electron chi connectivity index (χ4n) is 4.32. The molecule has 8 nitrogen and oxygen atoms in total. The maximum Gasteiger partial charge on any atom is 0.262 e. The van der Waals surface area contributed by atoms with Crippen LogP contribution in [0, 0.1) is 0 Å². The second-order valence-corrected chi connectivity index (χ2v) is 10.7. The molecule has 4 aromatic rings. The van der Waals surface area contributed by atoms with Crippen LogP contribution in [0.4, 0.5) is 5.69 Å². The van der Waals surface area contributed by atoms with Crippen LogP contribution in [0.2, 0.25) is 15.1 Å². The van der Waals surface area contributed by atoms with Crippen molar-refractivity contribution in [3.05, 3.63) is 78.9 Å². The van der Waals surface area contributed by atoms with E-state index in [1.54, 1.807) is 12.1 Å². The molecule has 0 bridgehead atoms. The second-order valence-electron chi connectivity index (χ2n) is 9.43. The van der Waals surface area contributed by atoms with Crippen molar-refractivity contribution in [2.75, 3.05) is 25.0 Å². The van der Waals surface area contributed by atoms with Crippen LogP contribution in [0.15, 0.2) is 41.2 Å². The Hall–Kier alpha value is -2.91. The summed E-state index contributed by atoms with van der Waals surface area (Å²) in [5, 5.41) is 8.97. The predicted octanol–water partition coefficient (Wildman–Crippen LogP) is 5.43. The van der Waals surface area contributed by atoms with Gasteiger partial charge in [0.2, 0.25) is 5.91 Å². The van der Waals surface area contributed by atoms with Gasteiger partial charge in [0.15, 0.2) is 5.65 Å². The molecule has 0 radical (unpaired) electrons. The van der Waals surface area contributed by atoms with Gasteiger partial charge < -0.3 is 10.3 Å². The summed E-state index contributed by atoms with van der Waals surface area (Å²) in [5.74, 6) is 0.397. The minimum atomic E-state index is -0.286. The Kier molecular flexibility index (Phi) is 7.27. The molecule has 1 aliphatic rings. The molecule has 0 atom stereocenters. The number of likely N-dealkylation sites (tertiary alicyclic amines) is 1. The van der Waals surface area contributed by atoms with Crippen LogP contribution < -0.4 is 10.9 Å². The third-order valence-electron chi connectivity index (χ3n) is 6.28. The molecule has 5 rings (SSSR count). The van der Waals surface area contributed by atoms with Crippen molar-refractivity contribution in [1.82, 2.24) is 24.6 Å². The molecule has 192 valence electrons.